The molecule has 2 fully saturated rings. The van der Waals surface area contributed by atoms with Gasteiger partial charge in [-0.05, 0) is 61.4 Å². The van der Waals surface area contributed by atoms with E-state index in [9.17, 15) is 0 Å². The Kier molecular flexibility index (Phi) is 3.24. The fourth-order valence-corrected chi connectivity index (χ4v) is 3.81. The molecular weight excluding hydrogens is 230 g/mol. The molecule has 3 heteroatoms. The number of hydrogen-bond donors (Lipinski definition) is 1. The molecule has 0 aromatic carbocycles. The van der Waals surface area contributed by atoms with Gasteiger partial charge in [0.05, 0.1) is 5.60 Å². The number of ether oxygens (including phenoxy) is 1. The lowest BCUT2D eigenvalue weighted by molar-refractivity contribution is -0.136. The second-order valence-electron chi connectivity index (χ2n) is 5.52. The lowest BCUT2D eigenvalue weighted by Gasteiger charge is -2.47. The van der Waals surface area contributed by atoms with E-state index < -0.39 is 0 Å². The van der Waals surface area contributed by atoms with Crippen LogP contribution in [0.3, 0.4) is 0 Å². The third-order valence-corrected chi connectivity index (χ3v) is 4.99. The number of rotatable bonds is 3. The fourth-order valence-electron chi connectivity index (χ4n) is 3.06. The van der Waals surface area contributed by atoms with Crippen molar-refractivity contribution in [1.82, 2.24) is 5.32 Å². The van der Waals surface area contributed by atoms with Crippen LogP contribution < -0.4 is 5.32 Å². The van der Waals surface area contributed by atoms with E-state index in [1.165, 1.54) is 31.2 Å². The smallest absolute Gasteiger partial charge is 0.0697 e. The monoisotopic (exact) mass is 251 g/mol. The summed E-state index contributed by atoms with van der Waals surface area (Å²) in [5, 5.41) is 8.18. The van der Waals surface area contributed by atoms with Crippen LogP contribution >= 0.6 is 11.3 Å². The molecule has 0 radical (unpaired) electrons. The van der Waals surface area contributed by atoms with Gasteiger partial charge in [0.1, 0.15) is 0 Å². The molecule has 1 saturated heterocycles. The second kappa shape index (κ2) is 4.71. The zero-order valence-electron chi connectivity index (χ0n) is 10.4. The van der Waals surface area contributed by atoms with Gasteiger partial charge in [0.25, 0.3) is 0 Å². The molecule has 0 bridgehead atoms. The molecule has 1 aromatic rings. The van der Waals surface area contributed by atoms with Crippen LogP contribution in [0, 0.1) is 0 Å². The van der Waals surface area contributed by atoms with Crippen LogP contribution in [-0.2, 0) is 4.74 Å². The molecule has 2 heterocycles. The first-order chi connectivity index (χ1) is 8.27. The SMILES string of the molecule is CC(NC1CCOC2(CCC2)C1)c1ccsc1. The molecule has 1 N–H and O–H groups in total. The maximum Gasteiger partial charge on any atom is 0.0697 e. The van der Waals surface area contributed by atoms with Crippen molar-refractivity contribution in [3.8, 4) is 0 Å². The molecule has 0 amide bonds. The standard InChI is InChI=1S/C14H21NOS/c1-11(12-4-8-17-10-12)15-13-3-7-16-14(9-13)5-2-6-14/h4,8,10-11,13,15H,2-3,5-7,9H2,1H3. The fraction of sp³-hybridized carbons (Fsp3) is 0.714. The first kappa shape index (κ1) is 11.7. The zero-order valence-corrected chi connectivity index (χ0v) is 11.3. The van der Waals surface area contributed by atoms with Gasteiger partial charge in [-0.1, -0.05) is 0 Å². The van der Waals surface area contributed by atoms with E-state index in [-0.39, 0.29) is 5.60 Å². The Balaban J connectivity index is 1.58. The first-order valence-corrected chi connectivity index (χ1v) is 7.64. The molecule has 1 aliphatic heterocycles. The van der Waals surface area contributed by atoms with Crippen molar-refractivity contribution < 1.29 is 4.74 Å². The van der Waals surface area contributed by atoms with Gasteiger partial charge in [-0.15, -0.1) is 0 Å². The first-order valence-electron chi connectivity index (χ1n) is 6.70. The summed E-state index contributed by atoms with van der Waals surface area (Å²) in [5.74, 6) is 0. The van der Waals surface area contributed by atoms with Crippen molar-refractivity contribution in [2.75, 3.05) is 6.61 Å². The average molecular weight is 251 g/mol. The van der Waals surface area contributed by atoms with Crippen LogP contribution in [0.25, 0.3) is 0 Å². The second-order valence-corrected chi connectivity index (χ2v) is 6.30. The Labute approximate surface area is 107 Å². The van der Waals surface area contributed by atoms with E-state index in [1.54, 1.807) is 11.3 Å². The van der Waals surface area contributed by atoms with Gasteiger partial charge in [0.15, 0.2) is 0 Å². The van der Waals surface area contributed by atoms with Crippen molar-refractivity contribution in [1.29, 1.82) is 0 Å². The van der Waals surface area contributed by atoms with Gasteiger partial charge in [-0.25, -0.2) is 0 Å². The highest BCUT2D eigenvalue weighted by molar-refractivity contribution is 7.07. The normalized spacial score (nSPS) is 28.9. The summed E-state index contributed by atoms with van der Waals surface area (Å²) in [7, 11) is 0. The van der Waals surface area contributed by atoms with Crippen LogP contribution in [0.4, 0.5) is 0 Å². The Bertz CT molecular complexity index is 358. The number of thiophene rings is 1. The summed E-state index contributed by atoms with van der Waals surface area (Å²) in [6, 6.07) is 3.33. The lowest BCUT2D eigenvalue weighted by atomic mass is 9.74. The molecular formula is C14H21NOS. The van der Waals surface area contributed by atoms with Gasteiger partial charge >= 0.3 is 0 Å². The number of hydrogen-bond acceptors (Lipinski definition) is 3. The summed E-state index contributed by atoms with van der Waals surface area (Å²) in [5.41, 5.74) is 1.67. The molecule has 2 aliphatic rings. The Morgan fingerprint density at radius 1 is 1.53 bits per heavy atom. The summed E-state index contributed by atoms with van der Waals surface area (Å²) in [6.07, 6.45) is 6.28. The van der Waals surface area contributed by atoms with Gasteiger partial charge < -0.3 is 10.1 Å². The van der Waals surface area contributed by atoms with Gasteiger partial charge in [0, 0.05) is 18.7 Å². The third-order valence-electron chi connectivity index (χ3n) is 4.29. The molecule has 3 rings (SSSR count). The maximum absolute atomic E-state index is 5.97. The van der Waals surface area contributed by atoms with E-state index in [4.69, 9.17) is 4.74 Å². The van der Waals surface area contributed by atoms with Crippen molar-refractivity contribution in [3.63, 3.8) is 0 Å². The predicted octanol–water partition coefficient (Wildman–Crippen LogP) is 3.50. The van der Waals surface area contributed by atoms with Gasteiger partial charge in [0.2, 0.25) is 0 Å². The molecule has 2 nitrogen and oxygen atoms in total. The largest absolute Gasteiger partial charge is 0.375 e. The molecule has 94 valence electrons. The molecule has 2 atom stereocenters. The highest BCUT2D eigenvalue weighted by Gasteiger charge is 2.42. The minimum atomic E-state index is 0.254. The molecule has 1 spiro atoms. The van der Waals surface area contributed by atoms with Crippen molar-refractivity contribution in [2.45, 2.75) is 56.7 Å². The molecule has 1 aromatic heterocycles. The Morgan fingerprint density at radius 3 is 3.06 bits per heavy atom. The van der Waals surface area contributed by atoms with E-state index in [0.717, 1.165) is 13.0 Å². The van der Waals surface area contributed by atoms with Crippen molar-refractivity contribution in [3.05, 3.63) is 22.4 Å². The highest BCUT2D eigenvalue weighted by Crippen LogP contribution is 2.42. The molecule has 2 unspecified atom stereocenters. The van der Waals surface area contributed by atoms with Crippen LogP contribution in [0.15, 0.2) is 16.8 Å². The maximum atomic E-state index is 5.97. The quantitative estimate of drug-likeness (QED) is 0.887. The van der Waals surface area contributed by atoms with E-state index in [0.29, 0.717) is 12.1 Å². The summed E-state index contributed by atoms with van der Waals surface area (Å²) < 4.78 is 5.97. The third kappa shape index (κ3) is 2.42. The summed E-state index contributed by atoms with van der Waals surface area (Å²) in [4.78, 5) is 0. The van der Waals surface area contributed by atoms with Gasteiger partial charge in [-0.3, -0.25) is 0 Å². The molecule has 1 saturated carbocycles. The van der Waals surface area contributed by atoms with E-state index >= 15 is 0 Å². The summed E-state index contributed by atoms with van der Waals surface area (Å²) in [6.45, 7) is 3.21. The van der Waals surface area contributed by atoms with Crippen molar-refractivity contribution in [2.24, 2.45) is 0 Å². The Morgan fingerprint density at radius 2 is 2.41 bits per heavy atom. The molecule has 1 aliphatic carbocycles. The topological polar surface area (TPSA) is 21.3 Å². The van der Waals surface area contributed by atoms with Crippen LogP contribution in [-0.4, -0.2) is 18.2 Å². The predicted molar refractivity (Wildman–Crippen MR) is 71.4 cm³/mol. The number of nitrogens with one attached hydrogen (secondary N) is 1. The molecule has 17 heavy (non-hydrogen) atoms. The van der Waals surface area contributed by atoms with Crippen LogP contribution in [0.1, 0.15) is 50.6 Å². The lowest BCUT2D eigenvalue weighted by Crippen LogP contribution is -2.51. The average Bonchev–Trinajstić information content (AvgIpc) is 2.81. The highest BCUT2D eigenvalue weighted by atomic mass is 32.1. The van der Waals surface area contributed by atoms with E-state index in [1.807, 2.05) is 0 Å². The zero-order chi connectivity index (χ0) is 11.7. The van der Waals surface area contributed by atoms with E-state index in [2.05, 4.69) is 29.1 Å². The van der Waals surface area contributed by atoms with Crippen LogP contribution in [0.2, 0.25) is 0 Å². The minimum Gasteiger partial charge on any atom is -0.375 e. The minimum absolute atomic E-state index is 0.254. The Hall–Kier alpha value is -0.380. The summed E-state index contributed by atoms with van der Waals surface area (Å²) >= 11 is 1.78. The van der Waals surface area contributed by atoms with Gasteiger partial charge in [-0.2, -0.15) is 11.3 Å². The van der Waals surface area contributed by atoms with Crippen molar-refractivity contribution >= 4 is 11.3 Å². The van der Waals surface area contributed by atoms with Crippen LogP contribution in [0.5, 0.6) is 0 Å².